The molecule has 1 aliphatic rings. The Labute approximate surface area is 204 Å². The average molecular weight is 484 g/mol. The van der Waals surface area contributed by atoms with Crippen LogP contribution in [0.3, 0.4) is 0 Å². The van der Waals surface area contributed by atoms with Gasteiger partial charge in [0.1, 0.15) is 15.5 Å². The Morgan fingerprint density at radius 3 is 2.41 bits per heavy atom. The molecule has 3 heterocycles. The van der Waals surface area contributed by atoms with E-state index >= 15 is 0 Å². The number of benzene rings is 2. The monoisotopic (exact) mass is 483 g/mol. The molecule has 0 fully saturated rings. The Morgan fingerprint density at radius 2 is 1.62 bits per heavy atom. The van der Waals surface area contributed by atoms with E-state index in [2.05, 4.69) is 5.32 Å². The van der Waals surface area contributed by atoms with Gasteiger partial charge in [-0.1, -0.05) is 59.9 Å². The SMILES string of the molecule is Nc1nc(-c2sc(NC(=O)c3ccccc3)nc2-c2ccccc2)nc2sc3c(c12)CCCC3. The van der Waals surface area contributed by atoms with Gasteiger partial charge in [-0.05, 0) is 43.4 Å². The number of nitrogen functional groups attached to an aromatic ring is 1. The summed E-state index contributed by atoms with van der Waals surface area (Å²) < 4.78 is 0. The molecule has 168 valence electrons. The van der Waals surface area contributed by atoms with Crippen molar-refractivity contribution in [3.8, 4) is 22.0 Å². The summed E-state index contributed by atoms with van der Waals surface area (Å²) in [5.74, 6) is 0.851. The average Bonchev–Trinajstić information content (AvgIpc) is 3.46. The van der Waals surface area contributed by atoms with E-state index in [1.807, 2.05) is 48.5 Å². The second-order valence-electron chi connectivity index (χ2n) is 8.21. The molecular formula is C26H21N5OS2. The van der Waals surface area contributed by atoms with Crippen LogP contribution in [-0.4, -0.2) is 20.9 Å². The first-order chi connectivity index (χ1) is 16.7. The standard InChI is InChI=1S/C26H21N5OS2/c27-22-19-17-13-7-8-14-18(17)33-25(19)30-23(29-22)21-20(15-9-3-1-4-10-15)28-26(34-21)31-24(32)16-11-5-2-6-12-16/h1-6,9-12H,7-8,13-14H2,(H2,27,29,30)(H,28,31,32). The molecule has 3 N–H and O–H groups in total. The van der Waals surface area contributed by atoms with Gasteiger partial charge in [0.25, 0.3) is 5.91 Å². The lowest BCUT2D eigenvalue weighted by Crippen LogP contribution is -2.11. The summed E-state index contributed by atoms with van der Waals surface area (Å²) in [6, 6.07) is 19.0. The lowest BCUT2D eigenvalue weighted by molar-refractivity contribution is 0.102. The Hall–Kier alpha value is -3.62. The van der Waals surface area contributed by atoms with E-state index in [0.29, 0.717) is 22.3 Å². The molecule has 34 heavy (non-hydrogen) atoms. The molecule has 8 heteroatoms. The van der Waals surface area contributed by atoms with Crippen LogP contribution in [0.1, 0.15) is 33.6 Å². The number of thiophene rings is 1. The minimum atomic E-state index is -0.206. The van der Waals surface area contributed by atoms with Gasteiger partial charge in [0.2, 0.25) is 0 Å². The first-order valence-corrected chi connectivity index (χ1v) is 12.8. The van der Waals surface area contributed by atoms with Crippen LogP contribution in [0.4, 0.5) is 10.9 Å². The molecule has 0 unspecified atom stereocenters. The fourth-order valence-corrected chi connectivity index (χ4v) is 6.55. The summed E-state index contributed by atoms with van der Waals surface area (Å²) in [5.41, 5.74) is 10.0. The molecule has 1 aliphatic carbocycles. The summed E-state index contributed by atoms with van der Waals surface area (Å²) in [4.78, 5) is 30.3. The highest BCUT2D eigenvalue weighted by Crippen LogP contribution is 2.42. The van der Waals surface area contributed by atoms with Crippen molar-refractivity contribution in [2.24, 2.45) is 0 Å². The number of fused-ring (bicyclic) bond motifs is 3. The Morgan fingerprint density at radius 1 is 0.882 bits per heavy atom. The van der Waals surface area contributed by atoms with Crippen LogP contribution in [0.2, 0.25) is 0 Å². The summed E-state index contributed by atoms with van der Waals surface area (Å²) in [6.45, 7) is 0. The molecule has 6 nitrogen and oxygen atoms in total. The number of carbonyl (C=O) groups excluding carboxylic acids is 1. The van der Waals surface area contributed by atoms with Crippen molar-refractivity contribution in [3.05, 3.63) is 76.7 Å². The van der Waals surface area contributed by atoms with E-state index in [1.165, 1.54) is 34.6 Å². The minimum absolute atomic E-state index is 0.206. The van der Waals surface area contributed by atoms with Crippen molar-refractivity contribution in [3.63, 3.8) is 0 Å². The zero-order chi connectivity index (χ0) is 23.1. The highest BCUT2D eigenvalue weighted by Gasteiger charge is 2.23. The quantitative estimate of drug-likeness (QED) is 0.318. The number of nitrogens with zero attached hydrogens (tertiary/aromatic N) is 3. The number of thiazole rings is 1. The molecule has 6 rings (SSSR count). The third-order valence-corrected chi connectivity index (χ3v) is 8.13. The van der Waals surface area contributed by atoms with Gasteiger partial charge >= 0.3 is 0 Å². The Kier molecular flexibility index (Phi) is 5.31. The number of carbonyl (C=O) groups is 1. The minimum Gasteiger partial charge on any atom is -0.383 e. The van der Waals surface area contributed by atoms with Crippen LogP contribution in [0, 0.1) is 0 Å². The molecule has 0 atom stereocenters. The molecule has 0 bridgehead atoms. The van der Waals surface area contributed by atoms with Crippen molar-refractivity contribution >= 4 is 49.7 Å². The summed E-state index contributed by atoms with van der Waals surface area (Å²) in [7, 11) is 0. The molecule has 0 radical (unpaired) electrons. The molecule has 0 aliphatic heterocycles. The molecule has 3 aromatic heterocycles. The van der Waals surface area contributed by atoms with Crippen LogP contribution >= 0.6 is 22.7 Å². The Bertz CT molecular complexity index is 1510. The van der Waals surface area contributed by atoms with Gasteiger partial charge in [0.15, 0.2) is 11.0 Å². The van der Waals surface area contributed by atoms with Gasteiger partial charge < -0.3 is 5.73 Å². The van der Waals surface area contributed by atoms with Gasteiger partial charge in [-0.2, -0.15) is 0 Å². The summed E-state index contributed by atoms with van der Waals surface area (Å²) in [6.07, 6.45) is 4.50. The van der Waals surface area contributed by atoms with E-state index < -0.39 is 0 Å². The van der Waals surface area contributed by atoms with Gasteiger partial charge in [-0.25, -0.2) is 15.0 Å². The molecule has 2 aromatic carbocycles. The van der Waals surface area contributed by atoms with Gasteiger partial charge in [0.05, 0.1) is 11.1 Å². The van der Waals surface area contributed by atoms with Crippen LogP contribution < -0.4 is 11.1 Å². The highest BCUT2D eigenvalue weighted by atomic mass is 32.1. The second kappa shape index (κ2) is 8.62. The predicted octanol–water partition coefficient (Wildman–Crippen LogP) is 6.20. The van der Waals surface area contributed by atoms with Crippen molar-refractivity contribution in [2.75, 3.05) is 11.1 Å². The fourth-order valence-electron chi connectivity index (χ4n) is 4.36. The van der Waals surface area contributed by atoms with Crippen molar-refractivity contribution in [1.29, 1.82) is 0 Å². The van der Waals surface area contributed by atoms with Crippen molar-refractivity contribution < 1.29 is 4.79 Å². The van der Waals surface area contributed by atoms with E-state index in [1.54, 1.807) is 23.5 Å². The number of rotatable bonds is 4. The number of hydrogen-bond acceptors (Lipinski definition) is 7. The number of nitrogens with two attached hydrogens (primary N) is 1. The number of hydrogen-bond donors (Lipinski definition) is 2. The smallest absolute Gasteiger partial charge is 0.257 e. The molecule has 0 saturated carbocycles. The zero-order valence-electron chi connectivity index (χ0n) is 18.2. The molecule has 0 spiro atoms. The van der Waals surface area contributed by atoms with Crippen molar-refractivity contribution in [1.82, 2.24) is 15.0 Å². The number of anilines is 2. The first kappa shape index (κ1) is 20.9. The van der Waals surface area contributed by atoms with Crippen LogP contribution in [0.25, 0.3) is 32.2 Å². The maximum absolute atomic E-state index is 12.8. The highest BCUT2D eigenvalue weighted by molar-refractivity contribution is 7.20. The topological polar surface area (TPSA) is 93.8 Å². The lowest BCUT2D eigenvalue weighted by atomic mass is 9.97. The fraction of sp³-hybridized carbons (Fsp3) is 0.154. The van der Waals surface area contributed by atoms with Gasteiger partial charge in [0, 0.05) is 16.0 Å². The first-order valence-electron chi connectivity index (χ1n) is 11.2. The van der Waals surface area contributed by atoms with Crippen LogP contribution in [-0.2, 0) is 12.8 Å². The largest absolute Gasteiger partial charge is 0.383 e. The number of aromatic nitrogens is 3. The number of nitrogens with one attached hydrogen (secondary N) is 1. The summed E-state index contributed by atoms with van der Waals surface area (Å²) in [5, 5.41) is 4.44. The third-order valence-electron chi connectivity index (χ3n) is 5.98. The van der Waals surface area contributed by atoms with Crippen LogP contribution in [0.15, 0.2) is 60.7 Å². The van der Waals surface area contributed by atoms with E-state index in [-0.39, 0.29) is 5.91 Å². The van der Waals surface area contributed by atoms with Crippen LogP contribution in [0.5, 0.6) is 0 Å². The molecule has 0 saturated heterocycles. The second-order valence-corrected chi connectivity index (χ2v) is 10.3. The summed E-state index contributed by atoms with van der Waals surface area (Å²) >= 11 is 3.09. The zero-order valence-corrected chi connectivity index (χ0v) is 19.9. The van der Waals surface area contributed by atoms with Gasteiger partial charge in [-0.15, -0.1) is 11.3 Å². The normalized spacial score (nSPS) is 13.1. The van der Waals surface area contributed by atoms with E-state index in [0.717, 1.165) is 39.2 Å². The number of aryl methyl sites for hydroxylation is 2. The predicted molar refractivity (Wildman–Crippen MR) is 139 cm³/mol. The molecular weight excluding hydrogens is 462 g/mol. The molecule has 1 amide bonds. The maximum atomic E-state index is 12.8. The van der Waals surface area contributed by atoms with E-state index in [4.69, 9.17) is 20.7 Å². The van der Waals surface area contributed by atoms with E-state index in [9.17, 15) is 4.79 Å². The third kappa shape index (κ3) is 3.74. The Balaban J connectivity index is 1.46. The maximum Gasteiger partial charge on any atom is 0.257 e. The van der Waals surface area contributed by atoms with Gasteiger partial charge in [-0.3, -0.25) is 10.1 Å². The van der Waals surface area contributed by atoms with Crippen molar-refractivity contribution in [2.45, 2.75) is 25.7 Å². The molecule has 5 aromatic rings. The number of amides is 1. The lowest BCUT2D eigenvalue weighted by Gasteiger charge is -2.10.